The molecule has 0 bridgehead atoms. The number of nitrogens with zero attached hydrogens (tertiary/aromatic N) is 1. The molecule has 0 atom stereocenters. The third-order valence-corrected chi connectivity index (χ3v) is 1.29. The zero-order chi connectivity index (χ0) is 9.78. The number of halogens is 3. The van der Waals surface area contributed by atoms with E-state index in [-0.39, 0.29) is 6.54 Å². The van der Waals surface area contributed by atoms with Gasteiger partial charge in [0.2, 0.25) is 0 Å². The largest absolute Gasteiger partial charge is 0.471 e. The number of alkyl halides is 3. The lowest BCUT2D eigenvalue weighted by molar-refractivity contribution is -0.183. The first-order chi connectivity index (χ1) is 5.39. The molecule has 72 valence electrons. The molecule has 0 aliphatic rings. The Balaban J connectivity index is 3.94. The van der Waals surface area contributed by atoms with Crippen LogP contribution in [0.5, 0.6) is 0 Å². The molecule has 6 heteroatoms. The van der Waals surface area contributed by atoms with Crippen LogP contribution < -0.4 is 5.32 Å². The van der Waals surface area contributed by atoms with Gasteiger partial charge in [0.15, 0.2) is 0 Å². The average Bonchev–Trinajstić information content (AvgIpc) is 1.97. The van der Waals surface area contributed by atoms with Gasteiger partial charge in [-0.15, -0.1) is 0 Å². The minimum absolute atomic E-state index is 0.0504. The fraction of sp³-hybridized carbons (Fsp3) is 0.833. The van der Waals surface area contributed by atoms with Crippen molar-refractivity contribution in [3.63, 3.8) is 0 Å². The standard InChI is InChI=1S/C6H11F3N2O/c1-10-3-4-11(2)5(12)6(7,8)9/h10H,3-4H2,1-2H3. The molecule has 0 fully saturated rings. The maximum atomic E-state index is 11.7. The molecule has 0 aromatic heterocycles. The fourth-order valence-corrected chi connectivity index (χ4v) is 0.597. The molecule has 0 unspecified atom stereocenters. The molecule has 0 aliphatic carbocycles. The molecule has 0 heterocycles. The molecule has 0 aromatic rings. The van der Waals surface area contributed by atoms with Crippen LogP contribution in [0.3, 0.4) is 0 Å². The van der Waals surface area contributed by atoms with Crippen molar-refractivity contribution in [1.82, 2.24) is 10.2 Å². The highest BCUT2D eigenvalue weighted by Crippen LogP contribution is 2.16. The van der Waals surface area contributed by atoms with E-state index in [1.54, 1.807) is 7.05 Å². The molecular weight excluding hydrogens is 173 g/mol. The highest BCUT2D eigenvalue weighted by atomic mass is 19.4. The van der Waals surface area contributed by atoms with E-state index < -0.39 is 12.1 Å². The lowest BCUT2D eigenvalue weighted by atomic mass is 10.5. The molecule has 0 aliphatic heterocycles. The Kier molecular flexibility index (Phi) is 4.02. The third kappa shape index (κ3) is 3.56. The van der Waals surface area contributed by atoms with Crippen LogP contribution >= 0.6 is 0 Å². The van der Waals surface area contributed by atoms with Crippen LogP contribution in [0, 0.1) is 0 Å². The molecule has 12 heavy (non-hydrogen) atoms. The van der Waals surface area contributed by atoms with Crippen LogP contribution in [-0.2, 0) is 4.79 Å². The van der Waals surface area contributed by atoms with Gasteiger partial charge in [-0.05, 0) is 7.05 Å². The van der Waals surface area contributed by atoms with E-state index in [2.05, 4.69) is 5.32 Å². The summed E-state index contributed by atoms with van der Waals surface area (Å²) in [6.45, 7) is 0.396. The Hall–Kier alpha value is -0.780. The second-order valence-corrected chi connectivity index (χ2v) is 2.33. The Labute approximate surface area is 68.5 Å². The highest BCUT2D eigenvalue weighted by molar-refractivity contribution is 5.81. The quantitative estimate of drug-likeness (QED) is 0.680. The number of amides is 1. The lowest BCUT2D eigenvalue weighted by Gasteiger charge is -2.17. The van der Waals surface area contributed by atoms with Crippen LogP contribution in [0.2, 0.25) is 0 Å². The SMILES string of the molecule is CNCCN(C)C(=O)C(F)(F)F. The first-order valence-corrected chi connectivity index (χ1v) is 3.36. The van der Waals surface area contributed by atoms with Gasteiger partial charge in [-0.25, -0.2) is 0 Å². The van der Waals surface area contributed by atoms with Gasteiger partial charge < -0.3 is 10.2 Å². The Morgan fingerprint density at radius 2 is 2.00 bits per heavy atom. The van der Waals surface area contributed by atoms with Crippen molar-refractivity contribution in [3.05, 3.63) is 0 Å². The molecule has 1 amide bonds. The maximum Gasteiger partial charge on any atom is 0.471 e. The van der Waals surface area contributed by atoms with Gasteiger partial charge in [0, 0.05) is 20.1 Å². The van der Waals surface area contributed by atoms with Crippen molar-refractivity contribution in [3.8, 4) is 0 Å². The number of nitrogens with one attached hydrogen (secondary N) is 1. The van der Waals surface area contributed by atoms with Crippen molar-refractivity contribution in [2.45, 2.75) is 6.18 Å². The van der Waals surface area contributed by atoms with E-state index >= 15 is 0 Å². The Morgan fingerprint density at radius 1 is 1.50 bits per heavy atom. The van der Waals surface area contributed by atoms with Gasteiger partial charge in [0.25, 0.3) is 0 Å². The highest BCUT2D eigenvalue weighted by Gasteiger charge is 2.40. The first kappa shape index (κ1) is 11.2. The lowest BCUT2D eigenvalue weighted by Crippen LogP contribution is -2.41. The number of carbonyl (C=O) groups excluding carboxylic acids is 1. The van der Waals surface area contributed by atoms with Gasteiger partial charge in [-0.1, -0.05) is 0 Å². The zero-order valence-corrected chi connectivity index (χ0v) is 6.90. The van der Waals surface area contributed by atoms with Crippen molar-refractivity contribution in [1.29, 1.82) is 0 Å². The summed E-state index contributed by atoms with van der Waals surface area (Å²) in [5.74, 6) is -1.81. The summed E-state index contributed by atoms with van der Waals surface area (Å²) in [6, 6.07) is 0. The zero-order valence-electron chi connectivity index (χ0n) is 6.90. The number of hydrogen-bond acceptors (Lipinski definition) is 2. The number of likely N-dealkylation sites (N-methyl/N-ethyl adjacent to an activating group) is 2. The van der Waals surface area contributed by atoms with Gasteiger partial charge in [-0.2, -0.15) is 13.2 Å². The molecular formula is C6H11F3N2O. The van der Waals surface area contributed by atoms with E-state index in [9.17, 15) is 18.0 Å². The van der Waals surface area contributed by atoms with E-state index in [0.29, 0.717) is 11.4 Å². The van der Waals surface area contributed by atoms with Crippen LogP contribution in [0.15, 0.2) is 0 Å². The van der Waals surface area contributed by atoms with E-state index in [1.807, 2.05) is 0 Å². The summed E-state index contributed by atoms with van der Waals surface area (Å²) in [4.78, 5) is 11.1. The maximum absolute atomic E-state index is 11.7. The summed E-state index contributed by atoms with van der Waals surface area (Å²) >= 11 is 0. The summed E-state index contributed by atoms with van der Waals surface area (Å²) in [5.41, 5.74) is 0. The van der Waals surface area contributed by atoms with Gasteiger partial charge in [0.05, 0.1) is 0 Å². The van der Waals surface area contributed by atoms with Gasteiger partial charge >= 0.3 is 12.1 Å². The van der Waals surface area contributed by atoms with E-state index in [1.165, 1.54) is 0 Å². The van der Waals surface area contributed by atoms with E-state index in [4.69, 9.17) is 0 Å². The molecule has 1 N–H and O–H groups in total. The topological polar surface area (TPSA) is 32.3 Å². The third-order valence-electron chi connectivity index (χ3n) is 1.29. The summed E-state index contributed by atoms with van der Waals surface area (Å²) < 4.78 is 35.1. The normalized spacial score (nSPS) is 11.4. The predicted octanol–water partition coefficient (Wildman–Crippen LogP) is 0.226. The molecule has 0 saturated heterocycles. The van der Waals surface area contributed by atoms with Gasteiger partial charge in [-0.3, -0.25) is 4.79 Å². The Morgan fingerprint density at radius 3 is 2.33 bits per heavy atom. The summed E-state index contributed by atoms with van der Waals surface area (Å²) in [5, 5.41) is 2.64. The minimum atomic E-state index is -4.76. The fourth-order valence-electron chi connectivity index (χ4n) is 0.597. The number of rotatable bonds is 3. The van der Waals surface area contributed by atoms with Crippen molar-refractivity contribution >= 4 is 5.91 Å². The number of carbonyl (C=O) groups is 1. The van der Waals surface area contributed by atoms with Crippen LogP contribution in [0.25, 0.3) is 0 Å². The van der Waals surface area contributed by atoms with Crippen LogP contribution in [-0.4, -0.2) is 44.2 Å². The van der Waals surface area contributed by atoms with Crippen LogP contribution in [0.4, 0.5) is 13.2 Å². The van der Waals surface area contributed by atoms with E-state index in [0.717, 1.165) is 7.05 Å². The molecule has 0 saturated carbocycles. The van der Waals surface area contributed by atoms with Crippen molar-refractivity contribution in [2.24, 2.45) is 0 Å². The number of hydrogen-bond donors (Lipinski definition) is 1. The average molecular weight is 184 g/mol. The van der Waals surface area contributed by atoms with Gasteiger partial charge in [0.1, 0.15) is 0 Å². The molecule has 0 radical (unpaired) electrons. The predicted molar refractivity (Wildman–Crippen MR) is 37.6 cm³/mol. The van der Waals surface area contributed by atoms with Crippen LogP contribution in [0.1, 0.15) is 0 Å². The second kappa shape index (κ2) is 4.30. The van der Waals surface area contributed by atoms with Crippen molar-refractivity contribution < 1.29 is 18.0 Å². The Bertz CT molecular complexity index is 157. The monoisotopic (exact) mass is 184 g/mol. The molecule has 0 spiro atoms. The molecule has 3 nitrogen and oxygen atoms in total. The summed E-state index contributed by atoms with van der Waals surface area (Å²) in [7, 11) is 2.72. The van der Waals surface area contributed by atoms with Crippen molar-refractivity contribution in [2.75, 3.05) is 27.2 Å². The minimum Gasteiger partial charge on any atom is -0.337 e. The summed E-state index contributed by atoms with van der Waals surface area (Å²) in [6.07, 6.45) is -4.76. The molecule has 0 rings (SSSR count). The second-order valence-electron chi connectivity index (χ2n) is 2.33. The molecule has 0 aromatic carbocycles. The smallest absolute Gasteiger partial charge is 0.337 e. The first-order valence-electron chi connectivity index (χ1n) is 3.36.